The van der Waals surface area contributed by atoms with Gasteiger partial charge in [0, 0.05) is 25.7 Å². The molecule has 2 aliphatic rings. The molecule has 2 atom stereocenters. The van der Waals surface area contributed by atoms with Gasteiger partial charge in [0.2, 0.25) is 0 Å². The van der Waals surface area contributed by atoms with Crippen LogP contribution in [-0.2, 0) is 0 Å². The topological polar surface area (TPSA) is 35.5 Å². The fraction of sp³-hybridized carbons (Fsp3) is 1.00. The van der Waals surface area contributed by atoms with Crippen LogP contribution in [0.4, 0.5) is 0 Å². The molecule has 18 heavy (non-hydrogen) atoms. The molecular formula is C15H30N2O. The third-order valence-electron chi connectivity index (χ3n) is 4.29. The monoisotopic (exact) mass is 254 g/mol. The Bertz CT molecular complexity index is 252. The molecule has 0 radical (unpaired) electrons. The van der Waals surface area contributed by atoms with E-state index >= 15 is 0 Å². The molecule has 1 heterocycles. The van der Waals surface area contributed by atoms with Crippen LogP contribution in [-0.4, -0.2) is 48.3 Å². The maximum Gasteiger partial charge on any atom is 0.0715 e. The third-order valence-corrected chi connectivity index (χ3v) is 4.29. The minimum atomic E-state index is -0.224. The lowest BCUT2D eigenvalue weighted by Gasteiger charge is -2.33. The van der Waals surface area contributed by atoms with Crippen molar-refractivity contribution < 1.29 is 5.11 Å². The van der Waals surface area contributed by atoms with Crippen LogP contribution in [0.15, 0.2) is 0 Å². The lowest BCUT2D eigenvalue weighted by molar-refractivity contribution is 0.0250. The van der Waals surface area contributed by atoms with E-state index in [2.05, 4.69) is 31.0 Å². The molecule has 1 saturated carbocycles. The van der Waals surface area contributed by atoms with Crippen LogP contribution < -0.4 is 5.32 Å². The van der Waals surface area contributed by atoms with Crippen LogP contribution >= 0.6 is 0 Å². The summed E-state index contributed by atoms with van der Waals surface area (Å²) >= 11 is 0. The van der Waals surface area contributed by atoms with E-state index in [4.69, 9.17) is 0 Å². The molecule has 2 unspecified atom stereocenters. The number of rotatable bonds is 6. The number of nitrogens with one attached hydrogen (secondary N) is 1. The average Bonchev–Trinajstić information content (AvgIpc) is 2.91. The van der Waals surface area contributed by atoms with Crippen LogP contribution in [0.5, 0.6) is 0 Å². The Morgan fingerprint density at radius 3 is 2.44 bits per heavy atom. The Kier molecular flexibility index (Phi) is 4.68. The molecule has 1 aliphatic heterocycles. The highest BCUT2D eigenvalue weighted by Gasteiger charge is 2.30. The first-order valence-electron chi connectivity index (χ1n) is 7.59. The maximum atomic E-state index is 10.3. The molecule has 0 amide bonds. The van der Waals surface area contributed by atoms with Crippen molar-refractivity contribution in [2.45, 2.75) is 58.6 Å². The molecule has 2 N–H and O–H groups in total. The number of hydrogen-bond donors (Lipinski definition) is 2. The van der Waals surface area contributed by atoms with Gasteiger partial charge in [-0.15, -0.1) is 0 Å². The van der Waals surface area contributed by atoms with Gasteiger partial charge < -0.3 is 10.4 Å². The van der Waals surface area contributed by atoms with Crippen LogP contribution in [0.1, 0.15) is 46.5 Å². The lowest BCUT2D eigenvalue weighted by atomic mass is 9.88. The van der Waals surface area contributed by atoms with Crippen molar-refractivity contribution in [3.63, 3.8) is 0 Å². The first kappa shape index (κ1) is 14.3. The van der Waals surface area contributed by atoms with E-state index in [9.17, 15) is 5.11 Å². The SMILES string of the molecule is CC(C)(C)C(O)CN(CC1CC1)CC1CCCN1. The minimum Gasteiger partial charge on any atom is -0.391 e. The van der Waals surface area contributed by atoms with Gasteiger partial charge >= 0.3 is 0 Å². The standard InChI is InChI=1S/C15H30N2O/c1-15(2,3)14(18)11-17(9-12-6-7-12)10-13-5-4-8-16-13/h12-14,16,18H,4-11H2,1-3H3. The summed E-state index contributed by atoms with van der Waals surface area (Å²) in [6.07, 6.45) is 5.16. The highest BCUT2D eigenvalue weighted by Crippen LogP contribution is 2.30. The van der Waals surface area contributed by atoms with Crippen molar-refractivity contribution in [1.82, 2.24) is 10.2 Å². The van der Waals surface area contributed by atoms with Crippen molar-refractivity contribution in [1.29, 1.82) is 0 Å². The predicted molar refractivity (Wildman–Crippen MR) is 75.7 cm³/mol. The summed E-state index contributed by atoms with van der Waals surface area (Å²) in [7, 11) is 0. The Morgan fingerprint density at radius 2 is 1.94 bits per heavy atom. The van der Waals surface area contributed by atoms with Crippen molar-refractivity contribution in [2.75, 3.05) is 26.2 Å². The first-order valence-corrected chi connectivity index (χ1v) is 7.59. The van der Waals surface area contributed by atoms with Crippen LogP contribution in [0, 0.1) is 11.3 Å². The van der Waals surface area contributed by atoms with Crippen LogP contribution in [0.25, 0.3) is 0 Å². The molecule has 0 aromatic heterocycles. The van der Waals surface area contributed by atoms with Crippen molar-refractivity contribution in [3.05, 3.63) is 0 Å². The van der Waals surface area contributed by atoms with Gasteiger partial charge in [0.15, 0.2) is 0 Å². The second kappa shape index (κ2) is 5.89. The third kappa shape index (κ3) is 4.52. The normalized spacial score (nSPS) is 26.8. The van der Waals surface area contributed by atoms with E-state index < -0.39 is 0 Å². The minimum absolute atomic E-state index is 0.00902. The average molecular weight is 254 g/mol. The summed E-state index contributed by atoms with van der Waals surface area (Å²) < 4.78 is 0. The van der Waals surface area contributed by atoms with Gasteiger partial charge in [-0.3, -0.25) is 4.90 Å². The number of aliphatic hydroxyl groups excluding tert-OH is 1. The first-order chi connectivity index (χ1) is 8.45. The Hall–Kier alpha value is -0.120. The van der Waals surface area contributed by atoms with E-state index in [0.29, 0.717) is 6.04 Å². The smallest absolute Gasteiger partial charge is 0.0715 e. The van der Waals surface area contributed by atoms with Crippen LogP contribution in [0.3, 0.4) is 0 Å². The van der Waals surface area contributed by atoms with E-state index in [1.165, 1.54) is 38.8 Å². The second-order valence-corrected chi connectivity index (χ2v) is 7.34. The quantitative estimate of drug-likeness (QED) is 0.759. The molecule has 0 bridgehead atoms. The number of hydrogen-bond acceptors (Lipinski definition) is 3. The Balaban J connectivity index is 1.82. The van der Waals surface area contributed by atoms with E-state index in [-0.39, 0.29) is 11.5 Å². The van der Waals surface area contributed by atoms with E-state index in [1.807, 2.05) is 0 Å². The summed E-state index contributed by atoms with van der Waals surface area (Å²) in [4.78, 5) is 2.50. The maximum absolute atomic E-state index is 10.3. The summed E-state index contributed by atoms with van der Waals surface area (Å²) in [6.45, 7) is 10.7. The molecule has 106 valence electrons. The van der Waals surface area contributed by atoms with E-state index in [0.717, 1.165) is 19.0 Å². The van der Waals surface area contributed by atoms with Crippen molar-refractivity contribution >= 4 is 0 Å². The zero-order chi connectivity index (χ0) is 13.2. The van der Waals surface area contributed by atoms with Gasteiger partial charge in [-0.05, 0) is 43.6 Å². The molecule has 0 spiro atoms. The Morgan fingerprint density at radius 1 is 1.22 bits per heavy atom. The molecule has 3 heteroatoms. The molecule has 2 fully saturated rings. The zero-order valence-corrected chi connectivity index (χ0v) is 12.3. The van der Waals surface area contributed by atoms with Crippen LogP contribution in [0.2, 0.25) is 0 Å². The lowest BCUT2D eigenvalue weighted by Crippen LogP contribution is -2.45. The van der Waals surface area contributed by atoms with Gasteiger partial charge in [-0.25, -0.2) is 0 Å². The molecule has 2 rings (SSSR count). The molecule has 0 aromatic carbocycles. The molecule has 1 aliphatic carbocycles. The number of nitrogens with zero attached hydrogens (tertiary/aromatic N) is 1. The summed E-state index contributed by atoms with van der Waals surface area (Å²) in [5.74, 6) is 0.901. The van der Waals surface area contributed by atoms with Crippen molar-refractivity contribution in [3.8, 4) is 0 Å². The Labute approximate surface area is 112 Å². The zero-order valence-electron chi connectivity index (χ0n) is 12.3. The summed E-state index contributed by atoms with van der Waals surface area (Å²) in [6, 6.07) is 0.649. The molecular weight excluding hydrogens is 224 g/mol. The molecule has 0 aromatic rings. The molecule has 3 nitrogen and oxygen atoms in total. The second-order valence-electron chi connectivity index (χ2n) is 7.34. The molecule has 1 saturated heterocycles. The fourth-order valence-corrected chi connectivity index (χ4v) is 2.63. The van der Waals surface area contributed by atoms with Gasteiger partial charge in [0.05, 0.1) is 6.10 Å². The van der Waals surface area contributed by atoms with Crippen molar-refractivity contribution in [2.24, 2.45) is 11.3 Å². The highest BCUT2D eigenvalue weighted by molar-refractivity contribution is 4.85. The fourth-order valence-electron chi connectivity index (χ4n) is 2.63. The van der Waals surface area contributed by atoms with Gasteiger partial charge in [-0.2, -0.15) is 0 Å². The van der Waals surface area contributed by atoms with Gasteiger partial charge in [0.25, 0.3) is 0 Å². The van der Waals surface area contributed by atoms with Gasteiger partial charge in [-0.1, -0.05) is 20.8 Å². The largest absolute Gasteiger partial charge is 0.391 e. The summed E-state index contributed by atoms with van der Waals surface area (Å²) in [5, 5.41) is 13.9. The highest BCUT2D eigenvalue weighted by atomic mass is 16.3. The summed E-state index contributed by atoms with van der Waals surface area (Å²) in [5.41, 5.74) is -0.00902. The van der Waals surface area contributed by atoms with Gasteiger partial charge in [0.1, 0.15) is 0 Å². The predicted octanol–water partition coefficient (Wildman–Crippen LogP) is 1.86. The number of aliphatic hydroxyl groups is 1. The van der Waals surface area contributed by atoms with E-state index in [1.54, 1.807) is 0 Å².